The topological polar surface area (TPSA) is 67.4 Å². The molecule has 2 N–H and O–H groups in total. The van der Waals surface area contributed by atoms with Gasteiger partial charge in [0.05, 0.1) is 11.5 Å². The van der Waals surface area contributed by atoms with Crippen LogP contribution in [0.1, 0.15) is 29.5 Å². The number of hydrogen-bond donors (Lipinski definition) is 2. The molecule has 6 heteroatoms. The molecule has 0 aliphatic carbocycles. The SMILES string of the molecule is COCC1(CNS(=O)(=O)c2c(C)cc(C)cc2C)CCNCC1. The molecule has 0 saturated carbocycles. The van der Waals surface area contributed by atoms with Crippen molar-refractivity contribution in [3.63, 3.8) is 0 Å². The van der Waals surface area contributed by atoms with Gasteiger partial charge in [0.2, 0.25) is 10.0 Å². The standard InChI is InChI=1S/C17H28N2O3S/c1-13-9-14(2)16(15(3)10-13)23(20,21)19-11-17(12-22-4)5-7-18-8-6-17/h9-10,18-19H,5-8,11-12H2,1-4H3. The number of benzene rings is 1. The predicted molar refractivity (Wildman–Crippen MR) is 92.3 cm³/mol. The first-order chi connectivity index (χ1) is 10.8. The fourth-order valence-electron chi connectivity index (χ4n) is 3.55. The molecule has 0 amide bonds. The van der Waals surface area contributed by atoms with Crippen molar-refractivity contribution in [3.8, 4) is 0 Å². The molecule has 5 nitrogen and oxygen atoms in total. The van der Waals surface area contributed by atoms with E-state index < -0.39 is 10.0 Å². The van der Waals surface area contributed by atoms with Gasteiger partial charge in [0.25, 0.3) is 0 Å². The van der Waals surface area contributed by atoms with Gasteiger partial charge in [-0.3, -0.25) is 0 Å². The summed E-state index contributed by atoms with van der Waals surface area (Å²) in [4.78, 5) is 0.407. The summed E-state index contributed by atoms with van der Waals surface area (Å²) in [6.07, 6.45) is 1.82. The molecular formula is C17H28N2O3S. The van der Waals surface area contributed by atoms with E-state index in [1.165, 1.54) is 0 Å². The highest BCUT2D eigenvalue weighted by molar-refractivity contribution is 7.89. The molecule has 2 rings (SSSR count). The molecule has 1 aliphatic rings. The molecule has 0 atom stereocenters. The molecule has 0 unspecified atom stereocenters. The Morgan fingerprint density at radius 2 is 1.74 bits per heavy atom. The van der Waals surface area contributed by atoms with E-state index in [0.717, 1.165) is 42.6 Å². The molecule has 1 aliphatic heterocycles. The number of rotatable bonds is 6. The van der Waals surface area contributed by atoms with Gasteiger partial charge in [0.1, 0.15) is 0 Å². The Hall–Kier alpha value is -0.950. The zero-order valence-electron chi connectivity index (χ0n) is 14.5. The highest BCUT2D eigenvalue weighted by Crippen LogP contribution is 2.29. The zero-order valence-corrected chi connectivity index (χ0v) is 15.3. The maximum atomic E-state index is 12.8. The van der Waals surface area contributed by atoms with Gasteiger partial charge in [-0.15, -0.1) is 0 Å². The molecule has 0 bridgehead atoms. The van der Waals surface area contributed by atoms with Crippen LogP contribution in [0.25, 0.3) is 0 Å². The Bertz CT molecular complexity index is 621. The molecular weight excluding hydrogens is 312 g/mol. The number of ether oxygens (including phenoxy) is 1. The summed E-state index contributed by atoms with van der Waals surface area (Å²) in [7, 11) is -1.85. The summed E-state index contributed by atoms with van der Waals surface area (Å²) in [6, 6.07) is 3.83. The van der Waals surface area contributed by atoms with E-state index in [4.69, 9.17) is 4.74 Å². The Balaban J connectivity index is 2.21. The highest BCUT2D eigenvalue weighted by Gasteiger charge is 2.34. The Labute approximate surface area is 139 Å². The smallest absolute Gasteiger partial charge is 0.241 e. The lowest BCUT2D eigenvalue weighted by atomic mass is 9.80. The van der Waals surface area contributed by atoms with E-state index in [-0.39, 0.29) is 5.41 Å². The van der Waals surface area contributed by atoms with Crippen LogP contribution in [0.5, 0.6) is 0 Å². The molecule has 0 spiro atoms. The van der Waals surface area contributed by atoms with Crippen molar-refractivity contribution in [3.05, 3.63) is 28.8 Å². The number of aryl methyl sites for hydroxylation is 3. The summed E-state index contributed by atoms with van der Waals surface area (Å²) in [5.74, 6) is 0. The van der Waals surface area contributed by atoms with E-state index in [2.05, 4.69) is 10.0 Å². The molecule has 1 aromatic rings. The van der Waals surface area contributed by atoms with E-state index in [0.29, 0.717) is 18.0 Å². The minimum absolute atomic E-state index is 0.125. The monoisotopic (exact) mass is 340 g/mol. The quantitative estimate of drug-likeness (QED) is 0.830. The second kappa shape index (κ2) is 7.30. The zero-order chi connectivity index (χ0) is 17.1. The summed E-state index contributed by atoms with van der Waals surface area (Å²) < 4.78 is 33.8. The summed E-state index contributed by atoms with van der Waals surface area (Å²) in [5, 5.41) is 3.32. The lowest BCUT2D eigenvalue weighted by Crippen LogP contribution is -2.47. The second-order valence-electron chi connectivity index (χ2n) is 6.74. The third kappa shape index (κ3) is 4.32. The van der Waals surface area contributed by atoms with E-state index in [9.17, 15) is 8.42 Å². The highest BCUT2D eigenvalue weighted by atomic mass is 32.2. The van der Waals surface area contributed by atoms with Crippen molar-refractivity contribution in [2.45, 2.75) is 38.5 Å². The van der Waals surface area contributed by atoms with Crippen molar-refractivity contribution >= 4 is 10.0 Å². The number of methoxy groups -OCH3 is 1. The fraction of sp³-hybridized carbons (Fsp3) is 0.647. The van der Waals surface area contributed by atoms with Gasteiger partial charge in [0, 0.05) is 19.1 Å². The van der Waals surface area contributed by atoms with Crippen molar-refractivity contribution < 1.29 is 13.2 Å². The van der Waals surface area contributed by atoms with Crippen LogP contribution in [0, 0.1) is 26.2 Å². The first-order valence-corrected chi connectivity index (χ1v) is 9.55. The van der Waals surface area contributed by atoms with Gasteiger partial charge in [-0.05, 0) is 57.8 Å². The van der Waals surface area contributed by atoms with E-state index >= 15 is 0 Å². The Kier molecular flexibility index (Phi) is 5.84. The normalized spacial score (nSPS) is 18.1. The van der Waals surface area contributed by atoms with Crippen LogP contribution in [0.3, 0.4) is 0 Å². The average Bonchev–Trinajstić information content (AvgIpc) is 2.45. The van der Waals surface area contributed by atoms with Gasteiger partial charge in [-0.1, -0.05) is 17.7 Å². The minimum atomic E-state index is -3.52. The summed E-state index contributed by atoms with van der Waals surface area (Å²) >= 11 is 0. The maximum absolute atomic E-state index is 12.8. The van der Waals surface area contributed by atoms with E-state index in [1.807, 2.05) is 32.9 Å². The third-order valence-corrected chi connectivity index (χ3v) is 6.33. The van der Waals surface area contributed by atoms with Crippen LogP contribution >= 0.6 is 0 Å². The number of nitrogens with one attached hydrogen (secondary N) is 2. The van der Waals surface area contributed by atoms with Crippen LogP contribution in [-0.2, 0) is 14.8 Å². The van der Waals surface area contributed by atoms with Crippen LogP contribution in [0.15, 0.2) is 17.0 Å². The van der Waals surface area contributed by atoms with E-state index in [1.54, 1.807) is 7.11 Å². The van der Waals surface area contributed by atoms with Crippen LogP contribution < -0.4 is 10.0 Å². The van der Waals surface area contributed by atoms with Crippen molar-refractivity contribution in [1.82, 2.24) is 10.0 Å². The lowest BCUT2D eigenvalue weighted by molar-refractivity contribution is 0.0577. The number of sulfonamides is 1. The Morgan fingerprint density at radius 1 is 1.17 bits per heavy atom. The predicted octanol–water partition coefficient (Wildman–Crippen LogP) is 1.91. The van der Waals surface area contributed by atoms with Gasteiger partial charge < -0.3 is 10.1 Å². The molecule has 130 valence electrons. The molecule has 1 aromatic carbocycles. The molecule has 23 heavy (non-hydrogen) atoms. The van der Waals surface area contributed by atoms with Crippen LogP contribution in [0.2, 0.25) is 0 Å². The molecule has 0 aromatic heterocycles. The molecule has 1 fully saturated rings. The maximum Gasteiger partial charge on any atom is 0.241 e. The summed E-state index contributed by atoms with van der Waals surface area (Å²) in [5.41, 5.74) is 2.54. The second-order valence-corrected chi connectivity index (χ2v) is 8.44. The minimum Gasteiger partial charge on any atom is -0.384 e. The van der Waals surface area contributed by atoms with Crippen molar-refractivity contribution in [1.29, 1.82) is 0 Å². The molecule has 1 saturated heterocycles. The van der Waals surface area contributed by atoms with Crippen LogP contribution in [0.4, 0.5) is 0 Å². The fourth-order valence-corrected chi connectivity index (χ4v) is 5.15. The largest absolute Gasteiger partial charge is 0.384 e. The van der Waals surface area contributed by atoms with Gasteiger partial charge in [-0.25, -0.2) is 13.1 Å². The Morgan fingerprint density at radius 3 is 2.26 bits per heavy atom. The first kappa shape index (κ1) is 18.4. The summed E-state index contributed by atoms with van der Waals surface area (Å²) in [6.45, 7) is 8.46. The van der Waals surface area contributed by atoms with Gasteiger partial charge in [0.15, 0.2) is 0 Å². The van der Waals surface area contributed by atoms with Gasteiger partial charge >= 0.3 is 0 Å². The lowest BCUT2D eigenvalue weighted by Gasteiger charge is -2.37. The average molecular weight is 340 g/mol. The number of piperidine rings is 1. The molecule has 0 radical (unpaired) electrons. The first-order valence-electron chi connectivity index (χ1n) is 8.07. The number of hydrogen-bond acceptors (Lipinski definition) is 4. The third-order valence-electron chi connectivity index (χ3n) is 4.63. The van der Waals surface area contributed by atoms with Gasteiger partial charge in [-0.2, -0.15) is 0 Å². The van der Waals surface area contributed by atoms with Crippen molar-refractivity contribution in [2.75, 3.05) is 33.4 Å². The molecule has 1 heterocycles. The van der Waals surface area contributed by atoms with Crippen molar-refractivity contribution in [2.24, 2.45) is 5.41 Å². The van der Waals surface area contributed by atoms with Crippen LogP contribution in [-0.4, -0.2) is 41.8 Å².